The number of amides is 1. The summed E-state index contributed by atoms with van der Waals surface area (Å²) in [5.74, 6) is -1.54. The van der Waals surface area contributed by atoms with Gasteiger partial charge in [-0.2, -0.15) is 0 Å². The highest BCUT2D eigenvalue weighted by molar-refractivity contribution is 5.85. The topological polar surface area (TPSA) is 68.4 Å². The number of hydrogen-bond donors (Lipinski definition) is 4. The lowest BCUT2D eigenvalue weighted by Crippen LogP contribution is -2.52. The van der Waals surface area contributed by atoms with E-state index < -0.39 is 11.6 Å². The van der Waals surface area contributed by atoms with E-state index >= 15 is 0 Å². The molecule has 27 heavy (non-hydrogen) atoms. The number of likely N-dealkylation sites (N-methyl/N-ethyl adjacent to an activating group) is 1. The Balaban J connectivity index is 0.00000210. The van der Waals surface area contributed by atoms with Gasteiger partial charge in [-0.25, -0.2) is 14.2 Å². The molecule has 0 aliphatic carbocycles. The van der Waals surface area contributed by atoms with Crippen molar-refractivity contribution in [2.24, 2.45) is 5.92 Å². The van der Waals surface area contributed by atoms with Crippen LogP contribution in [-0.2, 0) is 4.79 Å². The Labute approximate surface area is 163 Å². The van der Waals surface area contributed by atoms with Crippen molar-refractivity contribution in [2.45, 2.75) is 37.0 Å². The van der Waals surface area contributed by atoms with Crippen LogP contribution in [-0.4, -0.2) is 55.6 Å². The van der Waals surface area contributed by atoms with E-state index in [0.717, 1.165) is 38.5 Å². The van der Waals surface area contributed by atoms with Crippen molar-refractivity contribution >= 4 is 18.3 Å². The van der Waals surface area contributed by atoms with Gasteiger partial charge in [0, 0.05) is 31.1 Å². The van der Waals surface area contributed by atoms with Gasteiger partial charge in [0.1, 0.15) is 6.04 Å². The minimum Gasteiger partial charge on any atom is -0.350 e. The Hall–Kier alpha value is -1.32. The maximum absolute atomic E-state index is 13.7. The molecule has 5 atom stereocenters. The number of piperidine rings is 1. The number of benzene rings is 1. The van der Waals surface area contributed by atoms with Crippen molar-refractivity contribution in [1.29, 1.82) is 0 Å². The van der Waals surface area contributed by atoms with Crippen molar-refractivity contribution in [2.75, 3.05) is 26.7 Å². The van der Waals surface area contributed by atoms with E-state index in [-0.39, 0.29) is 42.4 Å². The first kappa shape index (κ1) is 20.4. The maximum atomic E-state index is 13.7. The molecule has 3 fully saturated rings. The number of carbonyl (C=O) groups is 1. The highest BCUT2D eigenvalue weighted by Crippen LogP contribution is 2.32. The second-order valence-corrected chi connectivity index (χ2v) is 7.53. The fourth-order valence-corrected chi connectivity index (χ4v) is 4.53. The summed E-state index contributed by atoms with van der Waals surface area (Å²) >= 11 is 0. The average Bonchev–Trinajstić information content (AvgIpc) is 3.21. The Bertz CT molecular complexity index is 694. The molecule has 3 heterocycles. The summed E-state index contributed by atoms with van der Waals surface area (Å²) in [7, 11) is 1.94. The fourth-order valence-electron chi connectivity index (χ4n) is 4.53. The van der Waals surface area contributed by atoms with E-state index in [1.54, 1.807) is 6.07 Å². The number of nitrogens with one attached hydrogen (secondary N) is 4. The van der Waals surface area contributed by atoms with Crippen molar-refractivity contribution in [3.05, 3.63) is 35.4 Å². The fraction of sp³-hybridized carbons (Fsp3) is 0.611. The Morgan fingerprint density at radius 3 is 2.81 bits per heavy atom. The van der Waals surface area contributed by atoms with Gasteiger partial charge in [-0.3, -0.25) is 15.1 Å². The Morgan fingerprint density at radius 2 is 2.04 bits per heavy atom. The molecule has 0 radical (unpaired) electrons. The van der Waals surface area contributed by atoms with E-state index in [0.29, 0.717) is 11.6 Å². The van der Waals surface area contributed by atoms with Crippen molar-refractivity contribution in [3.63, 3.8) is 0 Å². The summed E-state index contributed by atoms with van der Waals surface area (Å²) in [5, 5.41) is 6.48. The maximum Gasteiger partial charge on any atom is 0.239 e. The second kappa shape index (κ2) is 8.36. The first-order valence-electron chi connectivity index (χ1n) is 9.22. The second-order valence-electron chi connectivity index (χ2n) is 7.53. The van der Waals surface area contributed by atoms with Gasteiger partial charge in [0.05, 0.1) is 6.04 Å². The summed E-state index contributed by atoms with van der Waals surface area (Å²) < 4.78 is 26.9. The van der Waals surface area contributed by atoms with Crippen LogP contribution in [0.3, 0.4) is 0 Å². The van der Waals surface area contributed by atoms with Gasteiger partial charge in [0.15, 0.2) is 11.6 Å². The van der Waals surface area contributed by atoms with Crippen molar-refractivity contribution < 1.29 is 13.6 Å². The van der Waals surface area contributed by atoms with Crippen LogP contribution < -0.4 is 21.5 Å². The predicted octanol–water partition coefficient (Wildman–Crippen LogP) is 0.703. The third-order valence-electron chi connectivity index (χ3n) is 5.93. The van der Waals surface area contributed by atoms with Crippen LogP contribution in [0.4, 0.5) is 8.78 Å². The molecule has 4 rings (SSSR count). The number of halogens is 3. The minimum absolute atomic E-state index is 0. The third kappa shape index (κ3) is 3.95. The zero-order valence-corrected chi connectivity index (χ0v) is 16.0. The molecule has 3 aliphatic rings. The van der Waals surface area contributed by atoms with Gasteiger partial charge in [-0.15, -0.1) is 12.4 Å². The van der Waals surface area contributed by atoms with Gasteiger partial charge in [-0.05, 0) is 44.1 Å². The first-order chi connectivity index (χ1) is 12.5. The molecule has 9 heteroatoms. The van der Waals surface area contributed by atoms with Crippen LogP contribution in [0.2, 0.25) is 0 Å². The molecule has 3 saturated heterocycles. The van der Waals surface area contributed by atoms with Gasteiger partial charge in [-0.1, -0.05) is 6.07 Å². The van der Waals surface area contributed by atoms with E-state index in [1.807, 2.05) is 7.05 Å². The molecule has 0 saturated carbocycles. The van der Waals surface area contributed by atoms with E-state index in [4.69, 9.17) is 0 Å². The minimum atomic E-state index is -0.856. The number of hydrogen-bond acceptors (Lipinski definition) is 5. The largest absolute Gasteiger partial charge is 0.350 e. The van der Waals surface area contributed by atoms with Crippen molar-refractivity contribution in [3.8, 4) is 0 Å². The van der Waals surface area contributed by atoms with Crippen LogP contribution in [0.1, 0.15) is 24.4 Å². The molecule has 150 valence electrons. The summed E-state index contributed by atoms with van der Waals surface area (Å²) in [5.41, 5.74) is 7.04. The normalized spacial score (nSPS) is 33.4. The summed E-state index contributed by atoms with van der Waals surface area (Å²) in [4.78, 5) is 14.9. The molecule has 0 aromatic heterocycles. The van der Waals surface area contributed by atoms with E-state index in [9.17, 15) is 13.6 Å². The highest BCUT2D eigenvalue weighted by atomic mass is 35.5. The number of carbonyl (C=O) groups excluding carboxylic acids is 1. The molecule has 6 nitrogen and oxygen atoms in total. The molecule has 4 N–H and O–H groups in total. The monoisotopic (exact) mass is 401 g/mol. The zero-order chi connectivity index (χ0) is 18.3. The van der Waals surface area contributed by atoms with Crippen molar-refractivity contribution in [1.82, 2.24) is 26.4 Å². The highest BCUT2D eigenvalue weighted by Gasteiger charge is 2.43. The van der Waals surface area contributed by atoms with Gasteiger partial charge in [0.25, 0.3) is 0 Å². The molecular formula is C18H26ClF2N5O. The molecule has 1 amide bonds. The summed E-state index contributed by atoms with van der Waals surface area (Å²) in [6, 6.07) is 3.71. The van der Waals surface area contributed by atoms with Crippen LogP contribution in [0.25, 0.3) is 0 Å². The smallest absolute Gasteiger partial charge is 0.239 e. The number of nitrogens with zero attached hydrogens (tertiary/aromatic N) is 1. The van der Waals surface area contributed by atoms with E-state index in [1.165, 1.54) is 6.07 Å². The molecule has 1 aromatic rings. The molecule has 1 aromatic carbocycles. The average molecular weight is 402 g/mol. The van der Waals surface area contributed by atoms with Crippen LogP contribution in [0.5, 0.6) is 0 Å². The predicted molar refractivity (Wildman–Crippen MR) is 100 cm³/mol. The number of fused-ring (bicyclic) bond motifs is 1. The van der Waals surface area contributed by atoms with Gasteiger partial charge >= 0.3 is 0 Å². The van der Waals surface area contributed by atoms with Crippen LogP contribution in [0.15, 0.2) is 18.2 Å². The lowest BCUT2D eigenvalue weighted by Gasteiger charge is -2.30. The molecule has 0 bridgehead atoms. The Morgan fingerprint density at radius 1 is 1.22 bits per heavy atom. The molecule has 5 unspecified atom stereocenters. The number of hydrazine groups is 1. The number of likely N-dealkylation sites (tertiary alicyclic amines) is 1. The van der Waals surface area contributed by atoms with Gasteiger partial charge < -0.3 is 10.6 Å². The quantitative estimate of drug-likeness (QED) is 0.600. The summed E-state index contributed by atoms with van der Waals surface area (Å²) in [6.45, 7) is 2.55. The zero-order valence-electron chi connectivity index (χ0n) is 15.2. The first-order valence-corrected chi connectivity index (χ1v) is 9.22. The lowest BCUT2D eigenvalue weighted by molar-refractivity contribution is -0.124. The lowest BCUT2D eigenvalue weighted by atomic mass is 9.88. The summed E-state index contributed by atoms with van der Waals surface area (Å²) in [6.07, 6.45) is 1.77. The van der Waals surface area contributed by atoms with Crippen LogP contribution in [0, 0.1) is 17.6 Å². The standard InChI is InChI=1S/C18H25F2N5O.ClH/c1-25-7-5-15(17(25)10-2-3-12(19)13(20)8-10)22-18(26)16-11-9-21-6-4-14(11)23-24-16;/h2-3,8,11,14-17,21,23-24H,4-7,9H2,1H3,(H,22,26);1H. The van der Waals surface area contributed by atoms with Crippen LogP contribution >= 0.6 is 12.4 Å². The third-order valence-corrected chi connectivity index (χ3v) is 5.93. The number of rotatable bonds is 3. The molecule has 3 aliphatic heterocycles. The Kier molecular flexibility index (Phi) is 6.32. The molecular weight excluding hydrogens is 376 g/mol. The SMILES string of the molecule is CN1CCC(NC(=O)C2NNC3CCNCC32)C1c1ccc(F)c(F)c1.Cl. The van der Waals surface area contributed by atoms with E-state index in [2.05, 4.69) is 26.4 Å². The van der Waals surface area contributed by atoms with Gasteiger partial charge in [0.2, 0.25) is 5.91 Å². The molecule has 0 spiro atoms.